The fourth-order valence-electron chi connectivity index (χ4n) is 4.77. The van der Waals surface area contributed by atoms with Gasteiger partial charge in [0.05, 0.1) is 22.9 Å². The van der Waals surface area contributed by atoms with Gasteiger partial charge in [-0.3, -0.25) is 14.2 Å². The first-order valence-corrected chi connectivity index (χ1v) is 11.9. The maximum absolute atomic E-state index is 13.9. The molecule has 1 aliphatic heterocycles. The fourth-order valence-corrected chi connectivity index (χ4v) is 4.77. The average Bonchev–Trinajstić information content (AvgIpc) is 3.30. The minimum absolute atomic E-state index is 0.0849. The molecule has 2 aromatic carbocycles. The summed E-state index contributed by atoms with van der Waals surface area (Å²) in [6.45, 7) is 6.18. The molecule has 0 spiro atoms. The topological polar surface area (TPSA) is 59.7 Å². The molecule has 4 aromatic rings. The van der Waals surface area contributed by atoms with Gasteiger partial charge in [-0.2, -0.15) is 0 Å². The van der Waals surface area contributed by atoms with Crippen LogP contribution in [-0.4, -0.2) is 31.7 Å². The molecule has 0 N–H and O–H groups in total. The summed E-state index contributed by atoms with van der Waals surface area (Å²) in [4.78, 5) is 23.9. The average molecular weight is 489 g/mol. The predicted octanol–water partition coefficient (Wildman–Crippen LogP) is 5.80. The minimum atomic E-state index is -0.902. The number of likely N-dealkylation sites (tertiary alicyclic amines) is 1. The van der Waals surface area contributed by atoms with E-state index in [1.165, 1.54) is 18.2 Å². The predicted molar refractivity (Wildman–Crippen MR) is 132 cm³/mol. The van der Waals surface area contributed by atoms with Crippen molar-refractivity contribution in [3.05, 3.63) is 96.2 Å². The highest BCUT2D eigenvalue weighted by molar-refractivity contribution is 5.87. The summed E-state index contributed by atoms with van der Waals surface area (Å²) in [5.41, 5.74) is 3.47. The lowest BCUT2D eigenvalue weighted by Gasteiger charge is -2.34. The number of rotatable bonds is 6. The third-order valence-corrected chi connectivity index (χ3v) is 6.58. The molecule has 0 radical (unpaired) electrons. The van der Waals surface area contributed by atoms with E-state index in [0.717, 1.165) is 53.6 Å². The molecule has 184 valence electrons. The van der Waals surface area contributed by atoms with Crippen molar-refractivity contribution in [2.75, 3.05) is 6.54 Å². The van der Waals surface area contributed by atoms with Gasteiger partial charge in [0.15, 0.2) is 11.6 Å². The van der Waals surface area contributed by atoms with Crippen molar-refractivity contribution in [2.45, 2.75) is 38.8 Å². The summed E-state index contributed by atoms with van der Waals surface area (Å²) in [7, 11) is 0. The Morgan fingerprint density at radius 2 is 2.00 bits per heavy atom. The number of nitrogens with zero attached hydrogens (tertiary/aromatic N) is 4. The van der Waals surface area contributed by atoms with E-state index in [9.17, 15) is 13.6 Å². The summed E-state index contributed by atoms with van der Waals surface area (Å²) in [6, 6.07) is 11.2. The van der Waals surface area contributed by atoms with Gasteiger partial charge in [0.1, 0.15) is 18.2 Å². The largest absolute Gasteiger partial charge is 0.489 e. The molecule has 1 saturated heterocycles. The van der Waals surface area contributed by atoms with Gasteiger partial charge >= 0.3 is 0 Å². The Labute approximate surface area is 207 Å². The number of hydrogen-bond acceptors (Lipinski definition) is 4. The number of halogens is 2. The van der Waals surface area contributed by atoms with Crippen LogP contribution in [0.3, 0.4) is 0 Å². The van der Waals surface area contributed by atoms with Crippen LogP contribution in [0.4, 0.5) is 8.78 Å². The van der Waals surface area contributed by atoms with E-state index in [-0.39, 0.29) is 24.1 Å². The SMILES string of the molecule is C=CC(=O)N1CCCCC1c1nc(-c2ccc(OCc3cccc(F)c3F)cc2)c2c(C)nccn12. The Kier molecular flexibility index (Phi) is 6.50. The van der Waals surface area contributed by atoms with Crippen molar-refractivity contribution >= 4 is 11.4 Å². The van der Waals surface area contributed by atoms with Gasteiger partial charge in [-0.05, 0) is 62.6 Å². The number of fused-ring (bicyclic) bond motifs is 1. The molecule has 1 unspecified atom stereocenters. The number of imidazole rings is 1. The van der Waals surface area contributed by atoms with Crippen LogP contribution in [0, 0.1) is 18.6 Å². The van der Waals surface area contributed by atoms with E-state index in [4.69, 9.17) is 9.72 Å². The number of aromatic nitrogens is 3. The highest BCUT2D eigenvalue weighted by Gasteiger charge is 2.31. The number of carbonyl (C=O) groups excluding carboxylic acids is 1. The summed E-state index contributed by atoms with van der Waals surface area (Å²) in [5.74, 6) is -0.580. The molecule has 1 amide bonds. The molecule has 5 rings (SSSR count). The molecule has 8 heteroatoms. The number of carbonyl (C=O) groups is 1. The Morgan fingerprint density at radius 1 is 1.19 bits per heavy atom. The van der Waals surface area contributed by atoms with Crippen molar-refractivity contribution in [3.8, 4) is 17.0 Å². The molecule has 0 aliphatic carbocycles. The number of benzene rings is 2. The number of ether oxygens (including phenoxy) is 1. The summed E-state index contributed by atoms with van der Waals surface area (Å²) >= 11 is 0. The zero-order valence-corrected chi connectivity index (χ0v) is 20.0. The van der Waals surface area contributed by atoms with Gasteiger partial charge < -0.3 is 9.64 Å². The lowest BCUT2D eigenvalue weighted by atomic mass is 10.0. The van der Waals surface area contributed by atoms with E-state index in [0.29, 0.717) is 12.3 Å². The van der Waals surface area contributed by atoms with E-state index in [2.05, 4.69) is 11.6 Å². The minimum Gasteiger partial charge on any atom is -0.489 e. The molecule has 3 heterocycles. The van der Waals surface area contributed by atoms with Gasteiger partial charge in [0, 0.05) is 30.1 Å². The highest BCUT2D eigenvalue weighted by Crippen LogP contribution is 2.35. The van der Waals surface area contributed by atoms with Gasteiger partial charge in [0.25, 0.3) is 0 Å². The number of hydrogen-bond donors (Lipinski definition) is 0. The van der Waals surface area contributed by atoms with Crippen LogP contribution in [0.1, 0.15) is 42.4 Å². The van der Waals surface area contributed by atoms with Crippen LogP contribution < -0.4 is 4.74 Å². The maximum atomic E-state index is 13.9. The van der Waals surface area contributed by atoms with Crippen LogP contribution in [0.25, 0.3) is 16.8 Å². The van der Waals surface area contributed by atoms with E-state index in [1.54, 1.807) is 18.3 Å². The Hall–Kier alpha value is -4.07. The van der Waals surface area contributed by atoms with E-state index >= 15 is 0 Å². The monoisotopic (exact) mass is 488 g/mol. The Balaban J connectivity index is 1.47. The molecule has 6 nitrogen and oxygen atoms in total. The summed E-state index contributed by atoms with van der Waals surface area (Å²) in [6.07, 6.45) is 7.76. The summed E-state index contributed by atoms with van der Waals surface area (Å²) < 4.78 is 35.1. The van der Waals surface area contributed by atoms with Gasteiger partial charge in [-0.15, -0.1) is 0 Å². The van der Waals surface area contributed by atoms with Crippen LogP contribution in [0.15, 0.2) is 67.5 Å². The number of piperidine rings is 1. The lowest BCUT2D eigenvalue weighted by Crippen LogP contribution is -2.38. The van der Waals surface area contributed by atoms with Gasteiger partial charge in [0.2, 0.25) is 5.91 Å². The second-order valence-corrected chi connectivity index (χ2v) is 8.82. The van der Waals surface area contributed by atoms with Crippen LogP contribution in [-0.2, 0) is 11.4 Å². The molecule has 0 bridgehead atoms. The standard InChI is InChI=1S/C28H26F2N4O2/c1-3-24(35)33-15-5-4-9-23(33)28-32-26(27-18(2)31-14-16-34(27)28)19-10-12-21(13-11-19)36-17-20-7-6-8-22(29)25(20)30/h3,6-8,10-14,16,23H,1,4-5,9,15,17H2,2H3. The number of amides is 1. The first kappa shape index (κ1) is 23.7. The second-order valence-electron chi connectivity index (χ2n) is 8.82. The molecule has 36 heavy (non-hydrogen) atoms. The van der Waals surface area contributed by atoms with Crippen LogP contribution in [0.2, 0.25) is 0 Å². The van der Waals surface area contributed by atoms with Crippen molar-refractivity contribution in [2.24, 2.45) is 0 Å². The molecule has 1 aliphatic rings. The molecule has 0 saturated carbocycles. The van der Waals surface area contributed by atoms with Crippen molar-refractivity contribution < 1.29 is 18.3 Å². The molecule has 1 atom stereocenters. The number of aryl methyl sites for hydroxylation is 1. The maximum Gasteiger partial charge on any atom is 0.246 e. The molecular weight excluding hydrogens is 462 g/mol. The van der Waals surface area contributed by atoms with Crippen molar-refractivity contribution in [1.29, 1.82) is 0 Å². The first-order chi connectivity index (χ1) is 17.5. The van der Waals surface area contributed by atoms with E-state index in [1.807, 2.05) is 34.6 Å². The van der Waals surface area contributed by atoms with Crippen LogP contribution >= 0.6 is 0 Å². The Bertz CT molecular complexity index is 1430. The van der Waals surface area contributed by atoms with Crippen molar-refractivity contribution in [3.63, 3.8) is 0 Å². The molecular formula is C28H26F2N4O2. The lowest BCUT2D eigenvalue weighted by molar-refractivity contribution is -0.129. The molecule has 2 aromatic heterocycles. The third kappa shape index (κ3) is 4.34. The van der Waals surface area contributed by atoms with Crippen molar-refractivity contribution in [1.82, 2.24) is 19.3 Å². The smallest absolute Gasteiger partial charge is 0.246 e. The zero-order valence-electron chi connectivity index (χ0n) is 20.0. The van der Waals surface area contributed by atoms with E-state index < -0.39 is 11.6 Å². The first-order valence-electron chi connectivity index (χ1n) is 11.9. The van der Waals surface area contributed by atoms with Gasteiger partial charge in [-0.25, -0.2) is 13.8 Å². The third-order valence-electron chi connectivity index (χ3n) is 6.58. The Morgan fingerprint density at radius 3 is 2.78 bits per heavy atom. The second kappa shape index (κ2) is 9.89. The fraction of sp³-hybridized carbons (Fsp3) is 0.250. The quantitative estimate of drug-likeness (QED) is 0.322. The molecule has 1 fully saturated rings. The highest BCUT2D eigenvalue weighted by atomic mass is 19.2. The zero-order chi connectivity index (χ0) is 25.2. The normalized spacial score (nSPS) is 15.8. The van der Waals surface area contributed by atoms with Gasteiger partial charge in [-0.1, -0.05) is 18.7 Å². The summed E-state index contributed by atoms with van der Waals surface area (Å²) in [5, 5.41) is 0. The van der Waals surface area contributed by atoms with Crippen LogP contribution in [0.5, 0.6) is 5.75 Å².